The Kier molecular flexibility index (Phi) is 13.9. The molecule has 0 saturated carbocycles. The van der Waals surface area contributed by atoms with Crippen molar-refractivity contribution in [1.29, 1.82) is 0 Å². The van der Waals surface area contributed by atoms with Crippen molar-refractivity contribution in [2.24, 2.45) is 5.92 Å². The maximum atomic E-state index is 4.53. The van der Waals surface area contributed by atoms with Crippen LogP contribution in [-0.2, 0) is 0 Å². The van der Waals surface area contributed by atoms with Gasteiger partial charge in [-0.05, 0) is 0 Å². The molecule has 25 heavy (non-hydrogen) atoms. The molecule has 0 amide bonds. The summed E-state index contributed by atoms with van der Waals surface area (Å²) in [5.41, 5.74) is 3.13. The first-order valence-electron chi connectivity index (χ1n) is 10.4. The molecule has 3 heteroatoms. The molecule has 1 atom stereocenters. The number of allylic oxidation sites excluding steroid dienone is 3. The molecule has 0 aromatic rings. The van der Waals surface area contributed by atoms with E-state index >= 15 is 0 Å². The monoisotopic (exact) mass is 544 g/mol. The molecule has 0 fully saturated rings. The van der Waals surface area contributed by atoms with E-state index in [1.807, 2.05) is 0 Å². The average Bonchev–Trinajstić information content (AvgIpc) is 2.56. The molecule has 0 saturated heterocycles. The van der Waals surface area contributed by atoms with Gasteiger partial charge in [-0.3, -0.25) is 0 Å². The Morgan fingerprint density at radius 2 is 1.36 bits per heavy atom. The summed E-state index contributed by atoms with van der Waals surface area (Å²) < 4.78 is 2.23. The second-order valence-corrected chi connectivity index (χ2v) is 20.3. The molecule has 0 unspecified atom stereocenters. The van der Waals surface area contributed by atoms with Gasteiger partial charge in [0, 0.05) is 0 Å². The van der Waals surface area contributed by atoms with Crippen LogP contribution >= 0.6 is 43.4 Å². The van der Waals surface area contributed by atoms with E-state index < -0.39 is 5.31 Å². The van der Waals surface area contributed by atoms with Crippen molar-refractivity contribution in [3.8, 4) is 0 Å². The van der Waals surface area contributed by atoms with Gasteiger partial charge in [-0.15, -0.1) is 0 Å². The number of halogens is 2. The molecule has 0 aliphatic carbocycles. The molecule has 0 N–H and O–H groups in total. The van der Waals surface area contributed by atoms with Crippen LogP contribution in [0.25, 0.3) is 0 Å². The van der Waals surface area contributed by atoms with E-state index in [2.05, 4.69) is 89.8 Å². The summed E-state index contributed by atoms with van der Waals surface area (Å²) in [5, 5.41) is -1.80. The quantitative estimate of drug-likeness (QED) is 0.116. The van der Waals surface area contributed by atoms with Crippen LogP contribution in [0, 0.1) is 5.92 Å². The molecule has 0 radical (unpaired) electrons. The van der Waals surface area contributed by atoms with Crippen molar-refractivity contribution in [2.75, 3.05) is 24.6 Å². The van der Waals surface area contributed by atoms with E-state index in [1.165, 1.54) is 75.2 Å². The molecule has 0 heterocycles. The molecule has 0 aliphatic heterocycles. The van der Waals surface area contributed by atoms with Crippen LogP contribution in [0.3, 0.4) is 0 Å². The molecule has 0 aromatic carbocycles. The average molecular weight is 545 g/mol. The second-order valence-electron chi connectivity index (χ2n) is 8.36. The van der Waals surface area contributed by atoms with Gasteiger partial charge >= 0.3 is 182 Å². The van der Waals surface area contributed by atoms with Crippen molar-refractivity contribution in [1.82, 2.24) is 0 Å². The van der Waals surface area contributed by atoms with E-state index in [9.17, 15) is 0 Å². The third kappa shape index (κ3) is 10.9. The van der Waals surface area contributed by atoms with Crippen molar-refractivity contribution < 1.29 is 0 Å². The normalized spacial score (nSPS) is 16.6. The van der Waals surface area contributed by atoms with Gasteiger partial charge in [0.2, 0.25) is 0 Å². The van der Waals surface area contributed by atoms with Crippen molar-refractivity contribution in [3.63, 3.8) is 0 Å². The van der Waals surface area contributed by atoms with Crippen LogP contribution in [0.2, 0.25) is 0 Å². The molecule has 0 aliphatic rings. The Hall–Kier alpha value is 1.12. The summed E-state index contributed by atoms with van der Waals surface area (Å²) >= 11 is 6.89. The molecule has 0 aromatic heterocycles. The first-order valence-corrected chi connectivity index (χ1v) is 16.6. The summed E-state index contributed by atoms with van der Waals surface area (Å²) in [4.78, 5) is 0. The molecular formula is C22H43BrIP. The Labute approximate surface area is 180 Å². The van der Waals surface area contributed by atoms with Crippen molar-refractivity contribution in [3.05, 3.63) is 21.3 Å². The number of rotatable bonds is 14. The van der Waals surface area contributed by atoms with E-state index in [4.69, 9.17) is 0 Å². The van der Waals surface area contributed by atoms with Gasteiger partial charge in [0.1, 0.15) is 0 Å². The first-order chi connectivity index (χ1) is 11.7. The van der Waals surface area contributed by atoms with Crippen LogP contribution in [-0.4, -0.2) is 24.6 Å². The molecule has 0 nitrogen and oxygen atoms in total. The van der Waals surface area contributed by atoms with Crippen molar-refractivity contribution >= 4 is 43.4 Å². The van der Waals surface area contributed by atoms with Gasteiger partial charge in [0.05, 0.1) is 0 Å². The van der Waals surface area contributed by atoms with Gasteiger partial charge in [0.15, 0.2) is 0 Å². The third-order valence-corrected chi connectivity index (χ3v) is 15.9. The number of hydrogen-bond donors (Lipinski definition) is 0. The zero-order chi connectivity index (χ0) is 19.4. The van der Waals surface area contributed by atoms with Crippen LogP contribution in [0.5, 0.6) is 0 Å². The van der Waals surface area contributed by atoms with E-state index in [-0.39, 0.29) is 0 Å². The number of unbranched alkanes of at least 4 members (excludes halogenated alkanes) is 3. The number of hydrogen-bond acceptors (Lipinski definition) is 0. The predicted molar refractivity (Wildman–Crippen MR) is 135 cm³/mol. The molecular weight excluding hydrogens is 502 g/mol. The SMILES string of the molecule is CCCCP(Br)(CCCC)(CCCC)CC(C)=C[C@H](C)CC(C)=CI. The summed E-state index contributed by atoms with van der Waals surface area (Å²) in [7, 11) is 0. The van der Waals surface area contributed by atoms with Crippen LogP contribution < -0.4 is 0 Å². The Balaban J connectivity index is 5.40. The molecule has 0 bridgehead atoms. The Morgan fingerprint density at radius 3 is 1.72 bits per heavy atom. The van der Waals surface area contributed by atoms with Gasteiger partial charge in [-0.1, -0.05) is 0 Å². The summed E-state index contributed by atoms with van der Waals surface area (Å²) in [6.45, 7) is 14.1. The fraction of sp³-hybridized carbons (Fsp3) is 0.818. The van der Waals surface area contributed by atoms with E-state index in [1.54, 1.807) is 5.57 Å². The van der Waals surface area contributed by atoms with Gasteiger partial charge in [-0.25, -0.2) is 0 Å². The van der Waals surface area contributed by atoms with E-state index in [0.717, 1.165) is 0 Å². The Bertz CT molecular complexity index is 403. The molecule has 0 spiro atoms. The summed E-state index contributed by atoms with van der Waals surface area (Å²) in [6, 6.07) is 0. The van der Waals surface area contributed by atoms with Crippen LogP contribution in [0.15, 0.2) is 21.3 Å². The minimum atomic E-state index is -1.80. The van der Waals surface area contributed by atoms with Gasteiger partial charge in [-0.2, -0.15) is 0 Å². The zero-order valence-electron chi connectivity index (χ0n) is 17.7. The molecule has 0 rings (SSSR count). The summed E-state index contributed by atoms with van der Waals surface area (Å²) in [6.07, 6.45) is 17.5. The van der Waals surface area contributed by atoms with Crippen LogP contribution in [0.1, 0.15) is 86.5 Å². The third-order valence-electron chi connectivity index (χ3n) is 5.26. The zero-order valence-corrected chi connectivity index (χ0v) is 22.4. The topological polar surface area (TPSA) is 0 Å². The standard InChI is InChI=1S/C22H43BrIP/c1-7-10-13-25(23,14-11-8-2,15-12-9-3)19-22(6)17-20(4)16-21(5)18-24/h17-18,20H,7-16,19H2,1-6H3/t20-/m1/s1. The maximum absolute atomic E-state index is 4.53. The van der Waals surface area contributed by atoms with Gasteiger partial charge in [0.25, 0.3) is 0 Å². The predicted octanol–water partition coefficient (Wildman–Crippen LogP) is 9.56. The van der Waals surface area contributed by atoms with Crippen molar-refractivity contribution in [2.45, 2.75) is 86.5 Å². The first kappa shape index (κ1) is 26.1. The second kappa shape index (κ2) is 13.3. The fourth-order valence-corrected chi connectivity index (χ4v) is 13.5. The minimum absolute atomic E-state index is 0.649. The summed E-state index contributed by atoms with van der Waals surface area (Å²) in [5.74, 6) is 0.649. The fourth-order valence-electron chi connectivity index (χ4n) is 4.01. The van der Waals surface area contributed by atoms with E-state index in [0.29, 0.717) is 5.92 Å². The van der Waals surface area contributed by atoms with Gasteiger partial charge < -0.3 is 0 Å². The molecule has 150 valence electrons. The Morgan fingerprint density at radius 1 is 0.920 bits per heavy atom. The van der Waals surface area contributed by atoms with Crippen LogP contribution in [0.4, 0.5) is 0 Å².